The summed E-state index contributed by atoms with van der Waals surface area (Å²) in [5.74, 6) is 0.239. The second kappa shape index (κ2) is 8.15. The van der Waals surface area contributed by atoms with Crippen molar-refractivity contribution in [1.82, 2.24) is 10.2 Å². The van der Waals surface area contributed by atoms with Crippen LogP contribution in [0.4, 0.5) is 0 Å². The molecule has 4 nitrogen and oxygen atoms in total. The Balaban J connectivity index is 0.00000192. The first kappa shape index (κ1) is 19.9. The number of piperidine rings is 1. The number of hydrogen-bond donors (Lipinski definition) is 1. The van der Waals surface area contributed by atoms with Crippen LogP contribution < -0.4 is 5.32 Å². The van der Waals surface area contributed by atoms with Crippen LogP contribution in [0.3, 0.4) is 0 Å². The summed E-state index contributed by atoms with van der Waals surface area (Å²) in [7, 11) is 0. The lowest BCUT2D eigenvalue weighted by atomic mass is 9.82. The molecule has 1 aromatic heterocycles. The van der Waals surface area contributed by atoms with Crippen LogP contribution in [0, 0.1) is 0 Å². The van der Waals surface area contributed by atoms with E-state index in [1.54, 1.807) is 0 Å². The van der Waals surface area contributed by atoms with Crippen molar-refractivity contribution in [2.24, 2.45) is 0 Å². The average molecular weight is 419 g/mol. The van der Waals surface area contributed by atoms with Crippen molar-refractivity contribution < 1.29 is 9.53 Å². The maximum Gasteiger partial charge on any atom is 0.236 e. The van der Waals surface area contributed by atoms with Gasteiger partial charge in [0.25, 0.3) is 0 Å². The number of halogens is 1. The number of likely N-dealkylation sites (tertiary alicyclic amines) is 1. The zero-order valence-corrected chi connectivity index (χ0v) is 17.6. The van der Waals surface area contributed by atoms with Gasteiger partial charge < -0.3 is 15.0 Å². The zero-order chi connectivity index (χ0) is 18.3. The fraction of sp³-hybridized carbons (Fsp3) is 0.500. The summed E-state index contributed by atoms with van der Waals surface area (Å²) in [4.78, 5) is 17.3. The molecule has 2 fully saturated rings. The molecule has 1 N–H and O–H groups in total. The molecule has 0 bridgehead atoms. The van der Waals surface area contributed by atoms with Gasteiger partial charge in [0, 0.05) is 35.3 Å². The molecule has 1 saturated heterocycles. The molecular weight excluding hydrogens is 392 g/mol. The third-order valence-electron chi connectivity index (χ3n) is 6.11. The summed E-state index contributed by atoms with van der Waals surface area (Å²) in [6.45, 7) is 2.86. The number of nitrogens with zero attached hydrogens (tertiary/aromatic N) is 1. The van der Waals surface area contributed by atoms with Crippen LogP contribution >= 0.6 is 23.7 Å². The van der Waals surface area contributed by atoms with Gasteiger partial charge in [0.1, 0.15) is 0 Å². The van der Waals surface area contributed by atoms with Crippen molar-refractivity contribution in [1.29, 1.82) is 0 Å². The van der Waals surface area contributed by atoms with E-state index in [1.807, 2.05) is 16.2 Å². The lowest BCUT2D eigenvalue weighted by Gasteiger charge is -2.44. The summed E-state index contributed by atoms with van der Waals surface area (Å²) in [5, 5.41) is 3.34. The molecule has 6 heteroatoms. The normalized spacial score (nSPS) is 20.5. The van der Waals surface area contributed by atoms with Crippen molar-refractivity contribution in [3.63, 3.8) is 0 Å². The van der Waals surface area contributed by atoms with Crippen LogP contribution in [0.5, 0.6) is 0 Å². The number of thiophene rings is 1. The summed E-state index contributed by atoms with van der Waals surface area (Å²) >= 11 is 1.91. The standard InChI is InChI=1S/C22H26N2O2S.ClH/c25-21(15-23-17-6-7-17)24-11-9-22(10-12-24)18-14-20(16-4-2-1-3-5-16)27-19(18)8-13-26-22;/h1-5,14,17,23H,6-13,15H2;1H. The second-order valence-electron chi connectivity index (χ2n) is 7.94. The Morgan fingerprint density at radius 1 is 1.21 bits per heavy atom. The molecule has 3 heterocycles. The number of ether oxygens (including phenoxy) is 1. The summed E-state index contributed by atoms with van der Waals surface area (Å²) in [6, 6.07) is 13.5. The third-order valence-corrected chi connectivity index (χ3v) is 7.35. The molecule has 1 aliphatic carbocycles. The third kappa shape index (κ3) is 3.86. The number of fused-ring (bicyclic) bond motifs is 2. The molecule has 0 atom stereocenters. The summed E-state index contributed by atoms with van der Waals surface area (Å²) in [6.07, 6.45) is 5.24. The molecule has 150 valence electrons. The van der Waals surface area contributed by atoms with Crippen molar-refractivity contribution >= 4 is 29.7 Å². The molecule has 28 heavy (non-hydrogen) atoms. The molecule has 2 aliphatic heterocycles. The van der Waals surface area contributed by atoms with Gasteiger partial charge in [-0.15, -0.1) is 23.7 Å². The van der Waals surface area contributed by atoms with Crippen LogP contribution in [0.25, 0.3) is 10.4 Å². The number of amides is 1. The van der Waals surface area contributed by atoms with E-state index in [2.05, 4.69) is 41.7 Å². The van der Waals surface area contributed by atoms with Crippen LogP contribution in [0.2, 0.25) is 0 Å². The topological polar surface area (TPSA) is 41.6 Å². The lowest BCUT2D eigenvalue weighted by molar-refractivity contribution is -0.139. The molecule has 1 saturated carbocycles. The van der Waals surface area contributed by atoms with Crippen LogP contribution in [-0.2, 0) is 21.6 Å². The number of hydrogen-bond acceptors (Lipinski definition) is 4. The Morgan fingerprint density at radius 3 is 2.68 bits per heavy atom. The molecule has 1 spiro atoms. The van der Waals surface area contributed by atoms with E-state index in [0.717, 1.165) is 39.0 Å². The first-order chi connectivity index (χ1) is 13.2. The Bertz CT molecular complexity index is 826. The summed E-state index contributed by atoms with van der Waals surface area (Å²) < 4.78 is 6.37. The van der Waals surface area contributed by atoms with Crippen LogP contribution in [0.15, 0.2) is 36.4 Å². The van der Waals surface area contributed by atoms with Crippen molar-refractivity contribution in [3.8, 4) is 10.4 Å². The minimum absolute atomic E-state index is 0. The first-order valence-corrected chi connectivity index (χ1v) is 10.9. The van der Waals surface area contributed by atoms with Crippen molar-refractivity contribution in [2.45, 2.75) is 43.7 Å². The SMILES string of the molecule is Cl.O=C(CNC1CC1)N1CCC2(CC1)OCCc1sc(-c3ccccc3)cc12. The molecular formula is C22H27ClN2O2S. The number of nitrogens with one attached hydrogen (secondary N) is 1. The van der Waals surface area contributed by atoms with E-state index in [1.165, 1.54) is 33.7 Å². The van der Waals surface area contributed by atoms with E-state index in [-0.39, 0.29) is 23.9 Å². The zero-order valence-electron chi connectivity index (χ0n) is 16.0. The largest absolute Gasteiger partial charge is 0.370 e. The Kier molecular flexibility index (Phi) is 5.79. The van der Waals surface area contributed by atoms with Gasteiger partial charge in [-0.25, -0.2) is 0 Å². The predicted molar refractivity (Wildman–Crippen MR) is 115 cm³/mol. The molecule has 3 aliphatic rings. The number of carbonyl (C=O) groups excluding carboxylic acids is 1. The molecule has 1 aromatic carbocycles. The maximum atomic E-state index is 12.5. The van der Waals surface area contributed by atoms with E-state index >= 15 is 0 Å². The molecule has 2 aromatic rings. The van der Waals surface area contributed by atoms with Gasteiger partial charge in [-0.2, -0.15) is 0 Å². The fourth-order valence-corrected chi connectivity index (χ4v) is 5.56. The highest BCUT2D eigenvalue weighted by atomic mass is 35.5. The Labute approximate surface area is 176 Å². The highest BCUT2D eigenvalue weighted by Crippen LogP contribution is 2.46. The van der Waals surface area contributed by atoms with Gasteiger partial charge in [0.15, 0.2) is 0 Å². The minimum Gasteiger partial charge on any atom is -0.370 e. The van der Waals surface area contributed by atoms with Crippen LogP contribution in [0.1, 0.15) is 36.1 Å². The highest BCUT2D eigenvalue weighted by Gasteiger charge is 2.42. The minimum atomic E-state index is -0.197. The average Bonchev–Trinajstić information content (AvgIpc) is 3.44. The van der Waals surface area contributed by atoms with E-state index in [9.17, 15) is 4.79 Å². The highest BCUT2D eigenvalue weighted by molar-refractivity contribution is 7.15. The van der Waals surface area contributed by atoms with Gasteiger partial charge >= 0.3 is 0 Å². The monoisotopic (exact) mass is 418 g/mol. The maximum absolute atomic E-state index is 12.5. The fourth-order valence-electron chi connectivity index (χ4n) is 4.32. The molecule has 0 unspecified atom stereocenters. The number of benzene rings is 1. The molecule has 1 amide bonds. The quantitative estimate of drug-likeness (QED) is 0.816. The summed E-state index contributed by atoms with van der Waals surface area (Å²) in [5.41, 5.74) is 2.46. The van der Waals surface area contributed by atoms with E-state index < -0.39 is 0 Å². The van der Waals surface area contributed by atoms with Gasteiger partial charge in [-0.1, -0.05) is 30.3 Å². The lowest BCUT2D eigenvalue weighted by Crippen LogP contribution is -2.50. The van der Waals surface area contributed by atoms with Gasteiger partial charge in [-0.3, -0.25) is 4.79 Å². The molecule has 5 rings (SSSR count). The van der Waals surface area contributed by atoms with E-state index in [4.69, 9.17) is 4.74 Å². The second-order valence-corrected chi connectivity index (χ2v) is 9.08. The van der Waals surface area contributed by atoms with Gasteiger partial charge in [-0.05, 0) is 42.9 Å². The van der Waals surface area contributed by atoms with Crippen molar-refractivity contribution in [3.05, 3.63) is 46.8 Å². The first-order valence-electron chi connectivity index (χ1n) is 10.1. The van der Waals surface area contributed by atoms with Gasteiger partial charge in [0.2, 0.25) is 5.91 Å². The van der Waals surface area contributed by atoms with Gasteiger partial charge in [0.05, 0.1) is 18.8 Å². The molecule has 0 radical (unpaired) electrons. The van der Waals surface area contributed by atoms with E-state index in [0.29, 0.717) is 12.6 Å². The smallest absolute Gasteiger partial charge is 0.236 e. The number of carbonyl (C=O) groups is 1. The van der Waals surface area contributed by atoms with Crippen LogP contribution in [-0.4, -0.2) is 43.1 Å². The Morgan fingerprint density at radius 2 is 1.96 bits per heavy atom. The number of rotatable bonds is 4. The van der Waals surface area contributed by atoms with Crippen molar-refractivity contribution in [2.75, 3.05) is 26.2 Å². The Hall–Kier alpha value is -1.40. The predicted octanol–water partition coefficient (Wildman–Crippen LogP) is 3.98.